The number of thioether (sulfide) groups is 1. The number of aromatic nitrogens is 4. The first-order valence-electron chi connectivity index (χ1n) is 12.7. The fraction of sp³-hybridized carbons (Fsp3) is 0.481. The van der Waals surface area contributed by atoms with Crippen molar-refractivity contribution in [2.24, 2.45) is 0 Å². The van der Waals surface area contributed by atoms with Crippen LogP contribution in [0.4, 0.5) is 5.82 Å². The van der Waals surface area contributed by atoms with Crippen molar-refractivity contribution in [2.75, 3.05) is 31.8 Å². The molecule has 1 aromatic carbocycles. The molecule has 8 nitrogen and oxygen atoms in total. The number of nitrogens with zero attached hydrogens (tertiary/aromatic N) is 6. The number of benzene rings is 1. The summed E-state index contributed by atoms with van der Waals surface area (Å²) in [6, 6.07) is 8.50. The molecule has 6 rings (SSSR count). The summed E-state index contributed by atoms with van der Waals surface area (Å²) in [6.45, 7) is 5.05. The second-order valence-corrected chi connectivity index (χ2v) is 12.2. The minimum atomic E-state index is -0.355. The molecule has 0 bridgehead atoms. The number of ether oxygens (including phenoxy) is 1. The minimum Gasteiger partial charge on any atom is -0.365 e. The molecule has 2 atom stereocenters. The van der Waals surface area contributed by atoms with Crippen molar-refractivity contribution in [2.45, 2.75) is 62.6 Å². The third-order valence-electron chi connectivity index (χ3n) is 7.79. The molecule has 0 fully saturated rings. The molecule has 3 aromatic rings. The first-order valence-corrected chi connectivity index (χ1v) is 14.7. The van der Waals surface area contributed by atoms with Gasteiger partial charge < -0.3 is 14.5 Å². The van der Waals surface area contributed by atoms with E-state index in [1.807, 2.05) is 17.0 Å². The Morgan fingerprint density at radius 2 is 2.08 bits per heavy atom. The van der Waals surface area contributed by atoms with E-state index < -0.39 is 0 Å². The van der Waals surface area contributed by atoms with E-state index in [-0.39, 0.29) is 11.5 Å². The van der Waals surface area contributed by atoms with Crippen molar-refractivity contribution >= 4 is 39.4 Å². The Hall–Kier alpha value is -2.43. The summed E-state index contributed by atoms with van der Waals surface area (Å²) < 4.78 is 9.82. The van der Waals surface area contributed by atoms with Gasteiger partial charge in [-0.25, -0.2) is 9.97 Å². The number of fused-ring (bicyclic) bond motifs is 4. The van der Waals surface area contributed by atoms with Crippen LogP contribution >= 0.6 is 27.7 Å². The largest absolute Gasteiger partial charge is 0.365 e. The van der Waals surface area contributed by atoms with Crippen molar-refractivity contribution in [3.8, 4) is 0 Å². The Labute approximate surface area is 229 Å². The van der Waals surface area contributed by atoms with Gasteiger partial charge in [-0.05, 0) is 54.3 Å². The van der Waals surface area contributed by atoms with Crippen LogP contribution in [0.5, 0.6) is 0 Å². The topological polar surface area (TPSA) is 76.4 Å². The van der Waals surface area contributed by atoms with E-state index in [0.29, 0.717) is 24.8 Å². The van der Waals surface area contributed by atoms with Crippen LogP contribution in [-0.4, -0.2) is 57.5 Å². The van der Waals surface area contributed by atoms with Crippen LogP contribution in [0.1, 0.15) is 64.2 Å². The first-order chi connectivity index (χ1) is 17.8. The highest BCUT2D eigenvalue weighted by Gasteiger charge is 2.47. The molecular formula is C27H31BrN6O2S. The maximum Gasteiger partial charge on any atom is 0.273 e. The van der Waals surface area contributed by atoms with Crippen LogP contribution in [-0.2, 0) is 36.5 Å². The van der Waals surface area contributed by atoms with Gasteiger partial charge in [-0.2, -0.15) is 5.10 Å². The van der Waals surface area contributed by atoms with E-state index in [2.05, 4.69) is 51.1 Å². The molecule has 1 amide bonds. The summed E-state index contributed by atoms with van der Waals surface area (Å²) in [5, 5.41) is 5.38. The molecule has 10 heteroatoms. The van der Waals surface area contributed by atoms with Gasteiger partial charge in [-0.1, -0.05) is 40.7 Å². The van der Waals surface area contributed by atoms with Gasteiger partial charge in [0.2, 0.25) is 0 Å². The van der Waals surface area contributed by atoms with Crippen LogP contribution in [0.25, 0.3) is 0 Å². The van der Waals surface area contributed by atoms with E-state index in [4.69, 9.17) is 14.7 Å². The lowest BCUT2D eigenvalue weighted by Crippen LogP contribution is -2.36. The lowest BCUT2D eigenvalue weighted by molar-refractivity contribution is -0.0754. The predicted molar refractivity (Wildman–Crippen MR) is 147 cm³/mol. The van der Waals surface area contributed by atoms with Gasteiger partial charge in [0.05, 0.1) is 30.1 Å². The number of hydrogen-bond donors (Lipinski definition) is 0. The summed E-state index contributed by atoms with van der Waals surface area (Å²) >= 11 is 5.25. The molecule has 2 unspecified atom stereocenters. The van der Waals surface area contributed by atoms with Gasteiger partial charge in [0.15, 0.2) is 10.9 Å². The smallest absolute Gasteiger partial charge is 0.273 e. The number of amides is 1. The standard InChI is InChI=1S/C27H31BrN6O2S/c1-16-12-27(21-10-17(28)6-7-19(16)21)13-23-20(15-36-27)24(30-26(29-23)37-4)33-8-5-9-34-18(14-33)11-22(31-34)25(35)32(2)3/h6-7,10-11,16H,5,8-9,12-15H2,1-4H3. The second-order valence-electron chi connectivity index (χ2n) is 10.5. The summed E-state index contributed by atoms with van der Waals surface area (Å²) in [7, 11) is 3.51. The number of carbonyl (C=O) groups is 1. The van der Waals surface area contributed by atoms with Gasteiger partial charge in [0.25, 0.3) is 5.91 Å². The Bertz CT molecular complexity index is 1390. The van der Waals surface area contributed by atoms with Crippen molar-refractivity contribution in [3.63, 3.8) is 0 Å². The Morgan fingerprint density at radius 3 is 2.86 bits per heavy atom. The number of rotatable bonds is 3. The predicted octanol–water partition coefficient (Wildman–Crippen LogP) is 4.75. The van der Waals surface area contributed by atoms with E-state index in [1.165, 1.54) is 11.1 Å². The van der Waals surface area contributed by atoms with Gasteiger partial charge in [-0.3, -0.25) is 9.48 Å². The van der Waals surface area contributed by atoms with Gasteiger partial charge in [0.1, 0.15) is 5.82 Å². The maximum atomic E-state index is 12.5. The molecule has 0 N–H and O–H groups in total. The van der Waals surface area contributed by atoms with Crippen molar-refractivity contribution in [1.82, 2.24) is 24.6 Å². The van der Waals surface area contributed by atoms with Crippen LogP contribution < -0.4 is 4.90 Å². The fourth-order valence-corrected chi connectivity index (χ4v) is 6.76. The summed E-state index contributed by atoms with van der Waals surface area (Å²) in [4.78, 5) is 26.4. The molecule has 4 heterocycles. The molecule has 194 valence electrons. The monoisotopic (exact) mass is 582 g/mol. The van der Waals surface area contributed by atoms with Crippen LogP contribution in [0.3, 0.4) is 0 Å². The average Bonchev–Trinajstić information content (AvgIpc) is 3.32. The number of hydrogen-bond acceptors (Lipinski definition) is 7. The normalized spacial score (nSPS) is 22.4. The SMILES string of the molecule is CSc1nc2c(c(N3CCCn4nc(C(=O)N(C)C)cc4C3)n1)COC1(C2)CC(C)c2ccc(Br)cc21. The van der Waals surface area contributed by atoms with E-state index in [0.717, 1.165) is 64.8 Å². The molecule has 37 heavy (non-hydrogen) atoms. The molecule has 0 radical (unpaired) electrons. The average molecular weight is 584 g/mol. The second kappa shape index (κ2) is 9.39. The summed E-state index contributed by atoms with van der Waals surface area (Å²) in [5.41, 5.74) is 5.97. The Morgan fingerprint density at radius 1 is 1.24 bits per heavy atom. The van der Waals surface area contributed by atoms with E-state index >= 15 is 0 Å². The highest BCUT2D eigenvalue weighted by Crippen LogP contribution is 2.52. The van der Waals surface area contributed by atoms with Gasteiger partial charge in [-0.15, -0.1) is 0 Å². The Balaban J connectivity index is 1.37. The van der Waals surface area contributed by atoms with Crippen molar-refractivity contribution in [1.29, 1.82) is 0 Å². The summed E-state index contributed by atoms with van der Waals surface area (Å²) in [5.74, 6) is 1.31. The molecule has 0 saturated heterocycles. The molecule has 2 aromatic heterocycles. The lowest BCUT2D eigenvalue weighted by atomic mass is 9.86. The zero-order valence-corrected chi connectivity index (χ0v) is 24.0. The van der Waals surface area contributed by atoms with Gasteiger partial charge in [0, 0.05) is 43.6 Å². The minimum absolute atomic E-state index is 0.0763. The third kappa shape index (κ3) is 4.27. The highest BCUT2D eigenvalue weighted by atomic mass is 79.9. The Kier molecular flexibility index (Phi) is 6.32. The number of halogens is 1. The van der Waals surface area contributed by atoms with Crippen molar-refractivity contribution in [3.05, 3.63) is 62.5 Å². The first kappa shape index (κ1) is 24.9. The van der Waals surface area contributed by atoms with Crippen LogP contribution in [0, 0.1) is 0 Å². The number of carbonyl (C=O) groups excluding carboxylic acids is 1. The number of aryl methyl sites for hydroxylation is 1. The van der Waals surface area contributed by atoms with Gasteiger partial charge >= 0.3 is 0 Å². The molecule has 2 aliphatic heterocycles. The van der Waals surface area contributed by atoms with E-state index in [1.54, 1.807) is 30.8 Å². The fourth-order valence-electron chi connectivity index (χ4n) is 6.02. The molecule has 3 aliphatic rings. The zero-order valence-electron chi connectivity index (χ0n) is 21.6. The molecule has 1 spiro atoms. The van der Waals surface area contributed by atoms with Crippen molar-refractivity contribution < 1.29 is 9.53 Å². The van der Waals surface area contributed by atoms with E-state index in [9.17, 15) is 4.79 Å². The quantitative estimate of drug-likeness (QED) is 0.326. The number of anilines is 1. The molecule has 0 saturated carbocycles. The molecule has 1 aliphatic carbocycles. The zero-order chi connectivity index (χ0) is 25.9. The van der Waals surface area contributed by atoms with Crippen LogP contribution in [0.2, 0.25) is 0 Å². The lowest BCUT2D eigenvalue weighted by Gasteiger charge is -2.37. The maximum absolute atomic E-state index is 12.5. The summed E-state index contributed by atoms with van der Waals surface area (Å²) in [6.07, 6.45) is 4.65. The molecular weight excluding hydrogens is 552 g/mol. The van der Waals surface area contributed by atoms with Crippen LogP contribution in [0.15, 0.2) is 33.9 Å². The highest BCUT2D eigenvalue weighted by molar-refractivity contribution is 9.10. The third-order valence-corrected chi connectivity index (χ3v) is 8.83.